The van der Waals surface area contributed by atoms with Crippen LogP contribution in [-0.2, 0) is 22.2 Å². The Morgan fingerprint density at radius 1 is 0.673 bits per heavy atom. The third kappa shape index (κ3) is 9.72. The molecule has 0 bridgehead atoms. The van der Waals surface area contributed by atoms with Crippen molar-refractivity contribution in [2.24, 2.45) is 0 Å². The van der Waals surface area contributed by atoms with E-state index >= 15 is 0 Å². The maximum atomic E-state index is 13.3. The van der Waals surface area contributed by atoms with Crippen molar-refractivity contribution in [3.05, 3.63) is 148 Å². The number of aliphatic hydroxyl groups is 1. The second kappa shape index (κ2) is 16.8. The Labute approximate surface area is 324 Å². The quantitative estimate of drug-likeness (QED) is 0.0977. The van der Waals surface area contributed by atoms with Crippen LogP contribution in [0.3, 0.4) is 0 Å². The molecule has 5 aromatic rings. The zero-order valence-electron chi connectivity index (χ0n) is 33.1. The van der Waals surface area contributed by atoms with Gasteiger partial charge in [-0.3, -0.25) is 10.1 Å². The topological polar surface area (TPSA) is 119 Å². The van der Waals surface area contributed by atoms with E-state index in [1.165, 1.54) is 5.56 Å². The van der Waals surface area contributed by atoms with Crippen LogP contribution in [0.15, 0.2) is 109 Å². The molecule has 0 aliphatic carbocycles. The van der Waals surface area contributed by atoms with E-state index in [2.05, 4.69) is 46.0 Å². The number of hydrogen-bond donors (Lipinski definition) is 3. The van der Waals surface area contributed by atoms with Crippen LogP contribution >= 0.6 is 0 Å². The van der Waals surface area contributed by atoms with Gasteiger partial charge in [-0.15, -0.1) is 4.79 Å². The molecule has 0 unspecified atom stereocenters. The van der Waals surface area contributed by atoms with E-state index in [9.17, 15) is 19.5 Å². The lowest BCUT2D eigenvalue weighted by molar-refractivity contribution is -0.625. The van der Waals surface area contributed by atoms with Crippen LogP contribution in [0.5, 0.6) is 23.0 Å². The maximum Gasteiger partial charge on any atom is 0.401 e. The molecule has 55 heavy (non-hydrogen) atoms. The Morgan fingerprint density at radius 3 is 1.75 bits per heavy atom. The van der Waals surface area contributed by atoms with Gasteiger partial charge in [0.05, 0.1) is 24.3 Å². The number of amides is 2. The molecule has 0 spiro atoms. The summed E-state index contributed by atoms with van der Waals surface area (Å²) in [6, 6.07) is 33.5. The highest BCUT2D eigenvalue weighted by Gasteiger charge is 2.30. The number of nitrogens with one attached hydrogen (secondary N) is 1. The molecule has 8 nitrogen and oxygen atoms in total. The number of benzene rings is 5. The average Bonchev–Trinajstić information content (AvgIpc) is 3.17. The molecular weight excluding hydrogens is 689 g/mol. The number of nitrogens with two attached hydrogens (primary N) is 1. The fraction of sp³-hybridized carbons (Fsp3) is 0.298. The molecular formula is C47H52N2O6+2. The lowest BCUT2D eigenvalue weighted by Gasteiger charge is -2.27. The van der Waals surface area contributed by atoms with Gasteiger partial charge in [-0.25, -0.2) is 4.79 Å². The summed E-state index contributed by atoms with van der Waals surface area (Å²) in [6.07, 6.45) is 3.84. The summed E-state index contributed by atoms with van der Waals surface area (Å²) < 4.78 is 12.2. The Balaban J connectivity index is 1.25. The average molecular weight is 741 g/mol. The van der Waals surface area contributed by atoms with Crippen LogP contribution in [0, 0.1) is 0 Å². The summed E-state index contributed by atoms with van der Waals surface area (Å²) >= 11 is 0. The van der Waals surface area contributed by atoms with E-state index in [0.29, 0.717) is 39.8 Å². The van der Waals surface area contributed by atoms with Crippen molar-refractivity contribution >= 4 is 23.8 Å². The molecule has 5 rings (SSSR count). The second-order valence-corrected chi connectivity index (χ2v) is 15.8. The molecule has 0 fully saturated rings. The summed E-state index contributed by atoms with van der Waals surface area (Å²) in [5.41, 5.74) is 4.65. The zero-order valence-corrected chi connectivity index (χ0v) is 33.1. The molecule has 0 radical (unpaired) electrons. The highest BCUT2D eigenvalue weighted by molar-refractivity contribution is 6.05. The van der Waals surface area contributed by atoms with Crippen LogP contribution in [0.25, 0.3) is 0 Å². The van der Waals surface area contributed by atoms with Crippen LogP contribution in [0.1, 0.15) is 117 Å². The first-order chi connectivity index (χ1) is 26.1. The van der Waals surface area contributed by atoms with Gasteiger partial charge in [0, 0.05) is 22.7 Å². The zero-order chi connectivity index (χ0) is 40.0. The fourth-order valence-electron chi connectivity index (χ4n) is 6.48. The molecule has 0 aliphatic rings. The molecule has 4 N–H and O–H groups in total. The SMILES string of the molecule is CCC(C)(CC)c1cccc(NC(=O)c2ccc(Oc3ccc(C(C)(C)c4ccc(Oc5ccc([C+]=O)c(C(=O)[NH2+]C(C)(C)C)c5)cc4)cc3)cc2CO)c1. The van der Waals surface area contributed by atoms with Gasteiger partial charge in [-0.2, -0.15) is 0 Å². The number of hydrogen-bond acceptors (Lipinski definition) is 6. The molecule has 0 heterocycles. The molecule has 0 aromatic heterocycles. The highest BCUT2D eigenvalue weighted by atomic mass is 16.5. The van der Waals surface area contributed by atoms with Gasteiger partial charge in [0.2, 0.25) is 11.1 Å². The summed E-state index contributed by atoms with van der Waals surface area (Å²) in [7, 11) is 0. The van der Waals surface area contributed by atoms with Crippen LogP contribution < -0.4 is 20.1 Å². The standard InChI is InChI=1S/C47H50N2O6/c1-9-47(8,10-2)35-12-11-13-36(27-35)48-43(52)41-25-24-39(26-32(41)30-51)54-37-20-15-33(16-21-37)46(6,7)34-17-22-38(23-18-34)55-40-19-14-31(29-50)42(28-40)44(53)49-45(3,4)5/h11-28,51H,9-10,30H2,1-8H3,(H-,48,49,52,53)/p+2. The minimum absolute atomic E-state index is 0.0275. The second-order valence-electron chi connectivity index (χ2n) is 15.8. The third-order valence-corrected chi connectivity index (χ3v) is 10.4. The van der Waals surface area contributed by atoms with Gasteiger partial charge in [0.15, 0.2) is 5.75 Å². The first-order valence-corrected chi connectivity index (χ1v) is 18.7. The van der Waals surface area contributed by atoms with Crippen molar-refractivity contribution in [3.63, 3.8) is 0 Å². The Bertz CT molecular complexity index is 2140. The smallest absolute Gasteiger partial charge is 0.401 e. The molecule has 0 saturated heterocycles. The van der Waals surface area contributed by atoms with Crippen molar-refractivity contribution < 1.29 is 34.3 Å². The largest absolute Gasteiger partial charge is 0.457 e. The maximum absolute atomic E-state index is 13.3. The highest BCUT2D eigenvalue weighted by Crippen LogP contribution is 2.36. The minimum Gasteiger partial charge on any atom is -0.457 e. The number of quaternary nitrogens is 1. The number of aliphatic hydroxyl groups excluding tert-OH is 1. The number of rotatable bonds is 14. The van der Waals surface area contributed by atoms with E-state index in [4.69, 9.17) is 9.47 Å². The van der Waals surface area contributed by atoms with E-state index in [1.54, 1.807) is 41.7 Å². The predicted molar refractivity (Wildman–Crippen MR) is 217 cm³/mol. The van der Waals surface area contributed by atoms with Gasteiger partial charge in [-0.1, -0.05) is 71.0 Å². The number of carbonyl (C=O) groups excluding carboxylic acids is 3. The van der Waals surface area contributed by atoms with Gasteiger partial charge < -0.3 is 19.9 Å². The summed E-state index contributed by atoms with van der Waals surface area (Å²) in [5.74, 6) is 1.62. The van der Waals surface area contributed by atoms with Crippen molar-refractivity contribution in [2.75, 3.05) is 5.32 Å². The predicted octanol–water partition coefficient (Wildman–Crippen LogP) is 9.38. The van der Waals surface area contributed by atoms with Gasteiger partial charge in [0.1, 0.15) is 17.2 Å². The lowest BCUT2D eigenvalue weighted by atomic mass is 9.78. The van der Waals surface area contributed by atoms with Crippen LogP contribution in [0.4, 0.5) is 5.69 Å². The molecule has 0 atom stereocenters. The van der Waals surface area contributed by atoms with Crippen molar-refractivity contribution in [2.45, 2.75) is 91.2 Å². The van der Waals surface area contributed by atoms with E-state index in [0.717, 1.165) is 24.0 Å². The molecule has 2 amide bonds. The molecule has 0 aliphatic heterocycles. The first kappa shape index (κ1) is 40.5. The number of carbonyl (C=O) groups is 2. The number of primary amides is 1. The van der Waals surface area contributed by atoms with Crippen LogP contribution in [0.2, 0.25) is 0 Å². The van der Waals surface area contributed by atoms with E-state index in [1.807, 2.05) is 93.8 Å². The van der Waals surface area contributed by atoms with E-state index < -0.39 is 0 Å². The van der Waals surface area contributed by atoms with Gasteiger partial charge in [0.25, 0.3) is 5.91 Å². The Kier molecular flexibility index (Phi) is 12.4. The summed E-state index contributed by atoms with van der Waals surface area (Å²) in [6.45, 7) is 16.3. The molecule has 284 valence electrons. The Hall–Kier alpha value is -5.66. The first-order valence-electron chi connectivity index (χ1n) is 18.7. The number of ether oxygens (including phenoxy) is 2. The van der Waals surface area contributed by atoms with Crippen molar-refractivity contribution in [1.82, 2.24) is 0 Å². The molecule has 0 saturated carbocycles. The molecule has 5 aromatic carbocycles. The van der Waals surface area contributed by atoms with Crippen molar-refractivity contribution in [1.29, 1.82) is 0 Å². The van der Waals surface area contributed by atoms with Crippen molar-refractivity contribution in [3.8, 4) is 23.0 Å². The van der Waals surface area contributed by atoms with Crippen LogP contribution in [-0.4, -0.2) is 28.7 Å². The van der Waals surface area contributed by atoms with Gasteiger partial charge >= 0.3 is 12.2 Å². The van der Waals surface area contributed by atoms with E-state index in [-0.39, 0.29) is 45.9 Å². The normalized spacial score (nSPS) is 11.8. The molecule has 8 heteroatoms. The monoisotopic (exact) mass is 740 g/mol. The fourth-order valence-corrected chi connectivity index (χ4v) is 6.48. The summed E-state index contributed by atoms with van der Waals surface area (Å²) in [4.78, 5) is 37.7. The van der Waals surface area contributed by atoms with Gasteiger partial charge in [-0.05, 0) is 116 Å². The number of anilines is 1. The summed E-state index contributed by atoms with van der Waals surface area (Å²) in [5, 5.41) is 14.8. The lowest BCUT2D eigenvalue weighted by Crippen LogP contribution is -2.97. The minimum atomic E-state index is -0.356. The third-order valence-electron chi connectivity index (χ3n) is 10.4. The Morgan fingerprint density at radius 2 is 1.22 bits per heavy atom.